The van der Waals surface area contributed by atoms with E-state index in [1.54, 1.807) is 0 Å². The zero-order chi connectivity index (χ0) is 17.3. The molecule has 0 atom stereocenters. The first-order valence-corrected chi connectivity index (χ1v) is 8.59. The molecule has 2 heterocycles. The van der Waals surface area contributed by atoms with Gasteiger partial charge in [0.05, 0.1) is 16.9 Å². The number of hydrogen-bond donors (Lipinski definition) is 1. The van der Waals surface area contributed by atoms with E-state index in [0.29, 0.717) is 17.4 Å². The fourth-order valence-electron chi connectivity index (χ4n) is 2.68. The first-order chi connectivity index (χ1) is 11.5. The number of nitrogens with one attached hydrogen (secondary N) is 1. The van der Waals surface area contributed by atoms with E-state index in [-0.39, 0.29) is 5.91 Å². The molecule has 6 heteroatoms. The number of fused-ring (bicyclic) bond motifs is 1. The second kappa shape index (κ2) is 6.57. The van der Waals surface area contributed by atoms with Gasteiger partial charge in [0.1, 0.15) is 11.2 Å². The molecule has 0 saturated carbocycles. The lowest BCUT2D eigenvalue weighted by Crippen LogP contribution is -2.13. The van der Waals surface area contributed by atoms with E-state index in [9.17, 15) is 4.79 Å². The molecule has 2 aromatic heterocycles. The number of hydrogen-bond acceptors (Lipinski definition) is 5. The minimum atomic E-state index is -0.129. The quantitative estimate of drug-likeness (QED) is 0.770. The van der Waals surface area contributed by atoms with E-state index < -0.39 is 0 Å². The average Bonchev–Trinajstić information content (AvgIpc) is 2.89. The lowest BCUT2D eigenvalue weighted by molar-refractivity contribution is 0.103. The van der Waals surface area contributed by atoms with Crippen LogP contribution in [0.15, 0.2) is 24.5 Å². The van der Waals surface area contributed by atoms with Crippen LogP contribution in [-0.2, 0) is 0 Å². The number of aryl methyl sites for hydroxylation is 3. The van der Waals surface area contributed by atoms with Crippen molar-refractivity contribution in [2.45, 2.75) is 27.7 Å². The van der Waals surface area contributed by atoms with Crippen molar-refractivity contribution in [3.05, 3.63) is 46.1 Å². The summed E-state index contributed by atoms with van der Waals surface area (Å²) in [6.07, 6.45) is 1.47. The molecule has 0 fully saturated rings. The summed E-state index contributed by atoms with van der Waals surface area (Å²) in [5.74, 6) is 0.401. The predicted molar refractivity (Wildman–Crippen MR) is 97.2 cm³/mol. The molecule has 0 saturated heterocycles. The summed E-state index contributed by atoms with van der Waals surface area (Å²) in [7, 11) is 0. The molecule has 124 valence electrons. The Morgan fingerprint density at radius 3 is 2.58 bits per heavy atom. The average molecular weight is 341 g/mol. The van der Waals surface area contributed by atoms with Gasteiger partial charge in [-0.3, -0.25) is 4.79 Å². The monoisotopic (exact) mass is 341 g/mol. The highest BCUT2D eigenvalue weighted by Crippen LogP contribution is 2.35. The standard InChI is InChI=1S/C18H19N3O2S/c1-5-23-17-13-12(4)15(24-18(13)20-9-19-17)16(22)21-14-10(2)7-6-8-11(14)3/h6-9H,5H2,1-4H3,(H,21,22). The Hall–Kier alpha value is -2.47. The van der Waals surface area contributed by atoms with Gasteiger partial charge in [-0.25, -0.2) is 9.97 Å². The van der Waals surface area contributed by atoms with Gasteiger partial charge in [-0.2, -0.15) is 0 Å². The number of carbonyl (C=O) groups excluding carboxylic acids is 1. The number of anilines is 1. The molecule has 24 heavy (non-hydrogen) atoms. The van der Waals surface area contributed by atoms with Crippen LogP contribution in [0.25, 0.3) is 10.2 Å². The summed E-state index contributed by atoms with van der Waals surface area (Å²) in [6, 6.07) is 5.95. The SMILES string of the molecule is CCOc1ncnc2sc(C(=O)Nc3c(C)cccc3C)c(C)c12. The summed E-state index contributed by atoms with van der Waals surface area (Å²) >= 11 is 1.36. The minimum absolute atomic E-state index is 0.129. The maximum Gasteiger partial charge on any atom is 0.266 e. The Morgan fingerprint density at radius 1 is 1.21 bits per heavy atom. The van der Waals surface area contributed by atoms with E-state index in [4.69, 9.17) is 4.74 Å². The Bertz CT molecular complexity index is 898. The van der Waals surface area contributed by atoms with Crippen LogP contribution in [0.5, 0.6) is 5.88 Å². The van der Waals surface area contributed by atoms with E-state index in [0.717, 1.165) is 32.6 Å². The molecule has 0 aliphatic heterocycles. The van der Waals surface area contributed by atoms with Crippen molar-refractivity contribution in [1.29, 1.82) is 0 Å². The number of ether oxygens (including phenoxy) is 1. The molecule has 0 radical (unpaired) electrons. The number of benzene rings is 1. The molecule has 1 aromatic carbocycles. The van der Waals surface area contributed by atoms with Crippen molar-refractivity contribution in [2.75, 3.05) is 11.9 Å². The third-order valence-electron chi connectivity index (χ3n) is 3.90. The molecule has 0 unspecified atom stereocenters. The van der Waals surface area contributed by atoms with Crippen LogP contribution in [0.3, 0.4) is 0 Å². The van der Waals surface area contributed by atoms with Crippen molar-refractivity contribution < 1.29 is 9.53 Å². The molecule has 1 N–H and O–H groups in total. The van der Waals surface area contributed by atoms with Crippen molar-refractivity contribution in [3.63, 3.8) is 0 Å². The van der Waals surface area contributed by atoms with Crippen molar-refractivity contribution >= 4 is 33.1 Å². The lowest BCUT2D eigenvalue weighted by atomic mass is 10.1. The maximum absolute atomic E-state index is 12.8. The Morgan fingerprint density at radius 2 is 1.92 bits per heavy atom. The van der Waals surface area contributed by atoms with Gasteiger partial charge in [0.15, 0.2) is 0 Å². The van der Waals surface area contributed by atoms with Crippen LogP contribution in [-0.4, -0.2) is 22.5 Å². The first-order valence-electron chi connectivity index (χ1n) is 7.77. The molecule has 0 bridgehead atoms. The van der Waals surface area contributed by atoms with Gasteiger partial charge in [-0.05, 0) is 44.4 Å². The summed E-state index contributed by atoms with van der Waals surface area (Å²) in [5, 5.41) is 3.85. The fourth-order valence-corrected chi connectivity index (χ4v) is 3.72. The van der Waals surface area contributed by atoms with E-state index in [1.165, 1.54) is 17.7 Å². The summed E-state index contributed by atoms with van der Waals surface area (Å²) < 4.78 is 5.57. The second-order valence-corrected chi connectivity index (χ2v) is 6.57. The largest absolute Gasteiger partial charge is 0.477 e. The van der Waals surface area contributed by atoms with Gasteiger partial charge < -0.3 is 10.1 Å². The number of amides is 1. The van der Waals surface area contributed by atoms with Crippen LogP contribution >= 0.6 is 11.3 Å². The summed E-state index contributed by atoms with van der Waals surface area (Å²) in [5.41, 5.74) is 3.78. The highest BCUT2D eigenvalue weighted by molar-refractivity contribution is 7.20. The Balaban J connectivity index is 2.02. The number of para-hydroxylation sites is 1. The highest BCUT2D eigenvalue weighted by Gasteiger charge is 2.20. The Labute approximate surface area is 144 Å². The molecule has 1 amide bonds. The van der Waals surface area contributed by atoms with E-state index in [1.807, 2.05) is 45.9 Å². The molecule has 0 aliphatic carbocycles. The van der Waals surface area contributed by atoms with E-state index >= 15 is 0 Å². The first kappa shape index (κ1) is 16.4. The highest BCUT2D eigenvalue weighted by atomic mass is 32.1. The fraction of sp³-hybridized carbons (Fsp3) is 0.278. The van der Waals surface area contributed by atoms with Crippen LogP contribution in [0.1, 0.15) is 33.3 Å². The molecule has 3 rings (SSSR count). The van der Waals surface area contributed by atoms with Gasteiger partial charge in [0.2, 0.25) is 5.88 Å². The summed E-state index contributed by atoms with van der Waals surface area (Å²) in [6.45, 7) is 8.30. The van der Waals surface area contributed by atoms with Gasteiger partial charge >= 0.3 is 0 Å². The minimum Gasteiger partial charge on any atom is -0.477 e. The van der Waals surface area contributed by atoms with Gasteiger partial charge in [-0.1, -0.05) is 18.2 Å². The molecule has 0 aliphatic rings. The zero-order valence-corrected chi connectivity index (χ0v) is 15.0. The van der Waals surface area contributed by atoms with Crippen molar-refractivity contribution in [1.82, 2.24) is 9.97 Å². The van der Waals surface area contributed by atoms with Crippen molar-refractivity contribution in [2.24, 2.45) is 0 Å². The van der Waals surface area contributed by atoms with E-state index in [2.05, 4.69) is 15.3 Å². The second-order valence-electron chi connectivity index (χ2n) is 5.57. The van der Waals surface area contributed by atoms with Gasteiger partial charge in [-0.15, -0.1) is 11.3 Å². The number of aromatic nitrogens is 2. The number of rotatable bonds is 4. The molecular formula is C18H19N3O2S. The van der Waals surface area contributed by atoms with Crippen LogP contribution < -0.4 is 10.1 Å². The van der Waals surface area contributed by atoms with Crippen molar-refractivity contribution in [3.8, 4) is 5.88 Å². The van der Waals surface area contributed by atoms with Gasteiger partial charge in [0.25, 0.3) is 5.91 Å². The number of nitrogens with zero attached hydrogens (tertiary/aromatic N) is 2. The van der Waals surface area contributed by atoms with Crippen LogP contribution in [0.4, 0.5) is 5.69 Å². The molecule has 5 nitrogen and oxygen atoms in total. The number of carbonyl (C=O) groups is 1. The lowest BCUT2D eigenvalue weighted by Gasteiger charge is -2.11. The maximum atomic E-state index is 12.8. The third kappa shape index (κ3) is 2.85. The van der Waals surface area contributed by atoms with Gasteiger partial charge in [0, 0.05) is 5.69 Å². The molecule has 0 spiro atoms. The Kier molecular flexibility index (Phi) is 4.49. The molecule has 3 aromatic rings. The summed E-state index contributed by atoms with van der Waals surface area (Å²) in [4.78, 5) is 22.6. The smallest absolute Gasteiger partial charge is 0.266 e. The number of thiophene rings is 1. The van der Waals surface area contributed by atoms with Crippen LogP contribution in [0.2, 0.25) is 0 Å². The predicted octanol–water partition coefficient (Wildman–Crippen LogP) is 4.27. The van der Waals surface area contributed by atoms with Crippen LogP contribution in [0, 0.1) is 20.8 Å². The normalized spacial score (nSPS) is 10.8. The topological polar surface area (TPSA) is 64.1 Å². The zero-order valence-electron chi connectivity index (χ0n) is 14.1. The molecular weight excluding hydrogens is 322 g/mol. The third-order valence-corrected chi connectivity index (χ3v) is 5.10.